The van der Waals surface area contributed by atoms with Gasteiger partial charge >= 0.3 is 0 Å². The van der Waals surface area contributed by atoms with Crippen molar-refractivity contribution in [3.05, 3.63) is 48.0 Å². The fourth-order valence-corrected chi connectivity index (χ4v) is 2.63. The normalized spacial score (nSPS) is 18.4. The van der Waals surface area contributed by atoms with Gasteiger partial charge in [-0.15, -0.1) is 0 Å². The van der Waals surface area contributed by atoms with E-state index in [-0.39, 0.29) is 11.8 Å². The number of nitrogens with one attached hydrogen (secondary N) is 2. The molecule has 112 valence electrons. The average Bonchev–Trinajstić information content (AvgIpc) is 2.55. The van der Waals surface area contributed by atoms with Crippen molar-refractivity contribution in [2.45, 2.75) is 12.8 Å². The molecular weight excluding hydrogens is 278 g/mol. The number of hydrogen-bond acceptors (Lipinski definition) is 3. The first-order valence-electron chi connectivity index (χ1n) is 7.34. The maximum atomic E-state index is 12.0. The molecule has 0 aromatic heterocycles. The Morgan fingerprint density at radius 2 is 2.05 bits per heavy atom. The quantitative estimate of drug-likeness (QED) is 0.515. The van der Waals surface area contributed by atoms with Crippen LogP contribution >= 0.6 is 0 Å². The maximum Gasteiger partial charge on any atom is 0.252 e. The van der Waals surface area contributed by atoms with Crippen molar-refractivity contribution in [2.24, 2.45) is 11.0 Å². The van der Waals surface area contributed by atoms with Gasteiger partial charge in [-0.25, -0.2) is 5.43 Å². The highest BCUT2D eigenvalue weighted by Gasteiger charge is 2.28. The van der Waals surface area contributed by atoms with Crippen LogP contribution < -0.4 is 10.7 Å². The fraction of sp³-hybridized carbons (Fsp3) is 0.235. The van der Waals surface area contributed by atoms with Gasteiger partial charge in [0.15, 0.2) is 0 Å². The van der Waals surface area contributed by atoms with Gasteiger partial charge in [0.1, 0.15) is 5.92 Å². The van der Waals surface area contributed by atoms with Crippen LogP contribution in [-0.2, 0) is 9.59 Å². The van der Waals surface area contributed by atoms with E-state index in [4.69, 9.17) is 0 Å². The molecule has 0 aliphatic carbocycles. The molecule has 0 saturated carbocycles. The van der Waals surface area contributed by atoms with E-state index in [1.807, 2.05) is 42.5 Å². The topological polar surface area (TPSA) is 70.6 Å². The standard InChI is InChI=1S/C17H17N3O2/c21-16-15(9-4-10-18-16)17(22)20-19-11-13-7-3-6-12-5-1-2-8-14(12)13/h1-3,5-8,11,15H,4,9-10H2,(H,18,21)(H,20,22)/b19-11-/t15-/m1/s1. The molecule has 1 aliphatic rings. The Morgan fingerprint density at radius 1 is 1.23 bits per heavy atom. The Labute approximate surface area is 128 Å². The Bertz CT molecular complexity index is 734. The SMILES string of the molecule is O=C1NCCC[C@H]1C(=O)N/N=C\c1cccc2ccccc12. The van der Waals surface area contributed by atoms with Crippen molar-refractivity contribution in [2.75, 3.05) is 6.54 Å². The molecule has 2 N–H and O–H groups in total. The third-order valence-electron chi connectivity index (χ3n) is 3.80. The Hall–Kier alpha value is -2.69. The van der Waals surface area contributed by atoms with E-state index in [2.05, 4.69) is 15.8 Å². The van der Waals surface area contributed by atoms with Crippen LogP contribution in [0.4, 0.5) is 0 Å². The van der Waals surface area contributed by atoms with Crippen LogP contribution in [0.3, 0.4) is 0 Å². The van der Waals surface area contributed by atoms with E-state index in [0.717, 1.165) is 22.8 Å². The number of rotatable bonds is 3. The summed E-state index contributed by atoms with van der Waals surface area (Å²) in [6.45, 7) is 0.641. The highest BCUT2D eigenvalue weighted by Crippen LogP contribution is 2.16. The van der Waals surface area contributed by atoms with Crippen LogP contribution in [0.5, 0.6) is 0 Å². The largest absolute Gasteiger partial charge is 0.355 e. The van der Waals surface area contributed by atoms with Crippen LogP contribution in [0.1, 0.15) is 18.4 Å². The molecule has 2 aromatic rings. The summed E-state index contributed by atoms with van der Waals surface area (Å²) >= 11 is 0. The minimum Gasteiger partial charge on any atom is -0.355 e. The molecule has 0 unspecified atom stereocenters. The van der Waals surface area contributed by atoms with Gasteiger partial charge in [0, 0.05) is 12.1 Å². The molecule has 3 rings (SSSR count). The zero-order valence-corrected chi connectivity index (χ0v) is 12.1. The molecule has 0 spiro atoms. The maximum absolute atomic E-state index is 12.0. The second-order valence-corrected chi connectivity index (χ2v) is 5.29. The lowest BCUT2D eigenvalue weighted by Gasteiger charge is -2.19. The second-order valence-electron chi connectivity index (χ2n) is 5.29. The minimum atomic E-state index is -0.640. The number of benzene rings is 2. The third-order valence-corrected chi connectivity index (χ3v) is 3.80. The molecule has 1 heterocycles. The van der Waals surface area contributed by atoms with Gasteiger partial charge in [0.2, 0.25) is 5.91 Å². The smallest absolute Gasteiger partial charge is 0.252 e. The molecule has 0 radical (unpaired) electrons. The van der Waals surface area contributed by atoms with Gasteiger partial charge < -0.3 is 5.32 Å². The average molecular weight is 295 g/mol. The highest BCUT2D eigenvalue weighted by molar-refractivity contribution is 6.02. The molecule has 2 amide bonds. The van der Waals surface area contributed by atoms with Crippen LogP contribution in [0.2, 0.25) is 0 Å². The molecule has 2 aromatic carbocycles. The first-order valence-corrected chi connectivity index (χ1v) is 7.34. The number of hydrazone groups is 1. The number of carbonyl (C=O) groups excluding carboxylic acids is 2. The van der Waals surface area contributed by atoms with E-state index in [9.17, 15) is 9.59 Å². The van der Waals surface area contributed by atoms with Gasteiger partial charge in [-0.1, -0.05) is 42.5 Å². The molecule has 22 heavy (non-hydrogen) atoms. The second kappa shape index (κ2) is 6.39. The molecule has 1 fully saturated rings. The summed E-state index contributed by atoms with van der Waals surface area (Å²) in [5.41, 5.74) is 3.39. The number of nitrogens with zero attached hydrogens (tertiary/aromatic N) is 1. The number of hydrogen-bond donors (Lipinski definition) is 2. The van der Waals surface area contributed by atoms with Gasteiger partial charge in [0.05, 0.1) is 6.21 Å². The molecule has 1 aliphatic heterocycles. The summed E-state index contributed by atoms with van der Waals surface area (Å²) in [4.78, 5) is 23.6. The van der Waals surface area contributed by atoms with Crippen molar-refractivity contribution in [3.8, 4) is 0 Å². The summed E-state index contributed by atoms with van der Waals surface area (Å²) in [6.07, 6.45) is 3.00. The molecule has 1 saturated heterocycles. The number of carbonyl (C=O) groups is 2. The fourth-order valence-electron chi connectivity index (χ4n) is 2.63. The van der Waals surface area contributed by atoms with Crippen molar-refractivity contribution >= 4 is 28.8 Å². The predicted molar refractivity (Wildman–Crippen MR) is 85.4 cm³/mol. The summed E-state index contributed by atoms with van der Waals surface area (Å²) in [5.74, 6) is -1.21. The van der Waals surface area contributed by atoms with Crippen LogP contribution in [0.25, 0.3) is 10.8 Å². The summed E-state index contributed by atoms with van der Waals surface area (Å²) in [7, 11) is 0. The van der Waals surface area contributed by atoms with E-state index in [1.165, 1.54) is 0 Å². The molecular formula is C17H17N3O2. The van der Waals surface area contributed by atoms with Crippen LogP contribution in [-0.4, -0.2) is 24.6 Å². The lowest BCUT2D eigenvalue weighted by Crippen LogP contribution is -2.43. The van der Waals surface area contributed by atoms with Gasteiger partial charge in [0.25, 0.3) is 5.91 Å². The van der Waals surface area contributed by atoms with E-state index >= 15 is 0 Å². The van der Waals surface area contributed by atoms with E-state index < -0.39 is 5.92 Å². The monoisotopic (exact) mass is 295 g/mol. The number of fused-ring (bicyclic) bond motifs is 1. The Balaban J connectivity index is 1.71. The number of amides is 2. The minimum absolute atomic E-state index is 0.218. The predicted octanol–water partition coefficient (Wildman–Crippen LogP) is 1.82. The summed E-state index contributed by atoms with van der Waals surface area (Å²) in [6, 6.07) is 13.9. The van der Waals surface area contributed by atoms with Crippen molar-refractivity contribution in [3.63, 3.8) is 0 Å². The van der Waals surface area contributed by atoms with Crippen LogP contribution in [0.15, 0.2) is 47.6 Å². The van der Waals surface area contributed by atoms with Gasteiger partial charge in [-0.05, 0) is 23.6 Å². The third kappa shape index (κ3) is 2.98. The van der Waals surface area contributed by atoms with Crippen molar-refractivity contribution in [1.29, 1.82) is 0 Å². The molecule has 0 bridgehead atoms. The Kier molecular flexibility index (Phi) is 4.14. The first-order chi connectivity index (χ1) is 10.8. The molecule has 5 nitrogen and oxygen atoms in total. The van der Waals surface area contributed by atoms with Gasteiger partial charge in [-0.2, -0.15) is 5.10 Å². The Morgan fingerprint density at radius 3 is 2.91 bits per heavy atom. The summed E-state index contributed by atoms with van der Waals surface area (Å²) < 4.78 is 0. The molecule has 1 atom stereocenters. The van der Waals surface area contributed by atoms with Crippen LogP contribution in [0, 0.1) is 5.92 Å². The lowest BCUT2D eigenvalue weighted by molar-refractivity contribution is -0.136. The number of piperidine rings is 1. The van der Waals surface area contributed by atoms with Crippen molar-refractivity contribution < 1.29 is 9.59 Å². The summed E-state index contributed by atoms with van der Waals surface area (Å²) in [5, 5.41) is 8.87. The lowest BCUT2D eigenvalue weighted by atomic mass is 9.98. The highest BCUT2D eigenvalue weighted by atomic mass is 16.2. The van der Waals surface area contributed by atoms with E-state index in [1.54, 1.807) is 6.21 Å². The zero-order valence-electron chi connectivity index (χ0n) is 12.1. The zero-order chi connectivity index (χ0) is 15.4. The first kappa shape index (κ1) is 14.3. The van der Waals surface area contributed by atoms with Gasteiger partial charge in [-0.3, -0.25) is 9.59 Å². The van der Waals surface area contributed by atoms with E-state index in [0.29, 0.717) is 13.0 Å². The molecule has 5 heteroatoms. The van der Waals surface area contributed by atoms with Crippen molar-refractivity contribution in [1.82, 2.24) is 10.7 Å².